The molecule has 0 aromatic heterocycles. The fourth-order valence-electron chi connectivity index (χ4n) is 1.83. The molecule has 0 spiro atoms. The molecule has 1 rings (SSSR count). The lowest BCUT2D eigenvalue weighted by Crippen LogP contribution is -2.30. The second-order valence-corrected chi connectivity index (χ2v) is 4.66. The van der Waals surface area contributed by atoms with Crippen molar-refractivity contribution in [3.8, 4) is 0 Å². The number of nitrogens with zero attached hydrogens (tertiary/aromatic N) is 1. The minimum Gasteiger partial charge on any atom is -0.464 e. The maximum Gasteiger partial charge on any atom is 0.306 e. The molecule has 0 aromatic rings. The molecule has 0 radical (unpaired) electrons. The van der Waals surface area contributed by atoms with Crippen molar-refractivity contribution in [1.82, 2.24) is 4.90 Å². The molecule has 1 saturated heterocycles. The second-order valence-electron chi connectivity index (χ2n) is 4.66. The number of carbonyl (C=O) groups is 1. The Balaban J connectivity index is 2.07. The Morgan fingerprint density at radius 1 is 1.33 bits per heavy atom. The van der Waals surface area contributed by atoms with Gasteiger partial charge in [-0.2, -0.15) is 0 Å². The van der Waals surface area contributed by atoms with Gasteiger partial charge in [-0.1, -0.05) is 11.6 Å². The van der Waals surface area contributed by atoms with Gasteiger partial charge in [0, 0.05) is 32.7 Å². The van der Waals surface area contributed by atoms with Crippen LogP contribution in [0.2, 0.25) is 0 Å². The molecule has 104 valence electrons. The van der Waals surface area contributed by atoms with Gasteiger partial charge in [0.15, 0.2) is 0 Å². The third-order valence-corrected chi connectivity index (χ3v) is 3.20. The van der Waals surface area contributed by atoms with Crippen LogP contribution in [-0.4, -0.2) is 50.3 Å². The molecule has 0 aromatic carbocycles. The molecule has 0 unspecified atom stereocenters. The molecule has 0 aliphatic carbocycles. The van der Waals surface area contributed by atoms with Gasteiger partial charge in [-0.3, -0.25) is 9.69 Å². The third kappa shape index (κ3) is 6.77. The van der Waals surface area contributed by atoms with Gasteiger partial charge in [0.25, 0.3) is 0 Å². The quantitative estimate of drug-likeness (QED) is 0.537. The van der Waals surface area contributed by atoms with Crippen molar-refractivity contribution >= 4 is 5.97 Å². The largest absolute Gasteiger partial charge is 0.464 e. The van der Waals surface area contributed by atoms with Crippen LogP contribution in [0.4, 0.5) is 0 Å². The Labute approximate surface area is 110 Å². The summed E-state index contributed by atoms with van der Waals surface area (Å²) in [5.41, 5.74) is 1.23. The second kappa shape index (κ2) is 9.11. The predicted molar refractivity (Wildman–Crippen MR) is 71.5 cm³/mol. The van der Waals surface area contributed by atoms with E-state index < -0.39 is 0 Å². The van der Waals surface area contributed by atoms with E-state index in [1.54, 1.807) is 0 Å². The van der Waals surface area contributed by atoms with E-state index in [-0.39, 0.29) is 5.97 Å². The maximum absolute atomic E-state index is 11.5. The van der Waals surface area contributed by atoms with Crippen LogP contribution in [0.5, 0.6) is 0 Å². The molecular weight excluding hydrogens is 230 g/mol. The van der Waals surface area contributed by atoms with Crippen molar-refractivity contribution in [2.45, 2.75) is 33.1 Å². The van der Waals surface area contributed by atoms with E-state index in [1.165, 1.54) is 5.57 Å². The minimum atomic E-state index is -0.0951. The fraction of sp³-hybridized carbons (Fsp3) is 0.786. The highest BCUT2D eigenvalue weighted by Gasteiger charge is 2.10. The van der Waals surface area contributed by atoms with E-state index >= 15 is 0 Å². The van der Waals surface area contributed by atoms with Crippen LogP contribution in [0.15, 0.2) is 11.6 Å². The molecule has 18 heavy (non-hydrogen) atoms. The number of rotatable bonds is 6. The molecule has 0 bridgehead atoms. The molecule has 0 atom stereocenters. The number of allylic oxidation sites excluding steroid dienone is 2. The number of ether oxygens (including phenoxy) is 2. The third-order valence-electron chi connectivity index (χ3n) is 3.20. The van der Waals surface area contributed by atoms with Crippen molar-refractivity contribution in [2.24, 2.45) is 0 Å². The first kappa shape index (κ1) is 15.2. The van der Waals surface area contributed by atoms with Crippen molar-refractivity contribution in [3.63, 3.8) is 0 Å². The van der Waals surface area contributed by atoms with Crippen LogP contribution in [0.3, 0.4) is 0 Å². The Bertz CT molecular complexity index is 268. The lowest BCUT2D eigenvalue weighted by atomic mass is 10.1. The number of esters is 1. The average Bonchev–Trinajstić information content (AvgIpc) is 2.64. The van der Waals surface area contributed by atoms with Crippen LogP contribution < -0.4 is 0 Å². The first-order chi connectivity index (χ1) is 8.72. The first-order valence-electron chi connectivity index (χ1n) is 6.80. The molecule has 4 nitrogen and oxygen atoms in total. The highest BCUT2D eigenvalue weighted by molar-refractivity contribution is 5.69. The summed E-state index contributed by atoms with van der Waals surface area (Å²) in [6.45, 7) is 8.94. The Morgan fingerprint density at radius 3 is 2.94 bits per heavy atom. The van der Waals surface area contributed by atoms with Gasteiger partial charge in [-0.25, -0.2) is 0 Å². The van der Waals surface area contributed by atoms with Gasteiger partial charge in [-0.15, -0.1) is 0 Å². The van der Waals surface area contributed by atoms with Crippen molar-refractivity contribution in [3.05, 3.63) is 11.6 Å². The van der Waals surface area contributed by atoms with E-state index in [0.717, 1.165) is 45.7 Å². The topological polar surface area (TPSA) is 38.8 Å². The van der Waals surface area contributed by atoms with Crippen molar-refractivity contribution < 1.29 is 14.3 Å². The zero-order valence-electron chi connectivity index (χ0n) is 11.6. The molecule has 0 amide bonds. The summed E-state index contributed by atoms with van der Waals surface area (Å²) in [4.78, 5) is 13.8. The summed E-state index contributed by atoms with van der Waals surface area (Å²) < 4.78 is 10.6. The zero-order chi connectivity index (χ0) is 13.2. The zero-order valence-corrected chi connectivity index (χ0v) is 11.6. The van der Waals surface area contributed by atoms with Crippen LogP contribution in [0.1, 0.15) is 33.1 Å². The van der Waals surface area contributed by atoms with E-state index in [1.807, 2.05) is 19.9 Å². The first-order valence-corrected chi connectivity index (χ1v) is 6.80. The van der Waals surface area contributed by atoms with Crippen LogP contribution in [0.25, 0.3) is 0 Å². The van der Waals surface area contributed by atoms with Gasteiger partial charge >= 0.3 is 5.97 Å². The van der Waals surface area contributed by atoms with Gasteiger partial charge in [-0.05, 0) is 26.7 Å². The monoisotopic (exact) mass is 255 g/mol. The minimum absolute atomic E-state index is 0.0951. The van der Waals surface area contributed by atoms with Crippen LogP contribution >= 0.6 is 0 Å². The van der Waals surface area contributed by atoms with E-state index in [2.05, 4.69) is 4.90 Å². The average molecular weight is 255 g/mol. The Morgan fingerprint density at radius 2 is 2.17 bits per heavy atom. The molecular formula is C14H25NO3. The summed E-state index contributed by atoms with van der Waals surface area (Å²) in [5.74, 6) is -0.0951. The summed E-state index contributed by atoms with van der Waals surface area (Å²) in [6, 6.07) is 0. The standard InChI is InChI=1S/C14H25NO3/c1-3-13(2)5-6-14(16)18-12-9-15-7-4-10-17-11-8-15/h3H,4-12H2,1-2H3/b13-3+. The Hall–Kier alpha value is -0.870. The summed E-state index contributed by atoms with van der Waals surface area (Å²) in [7, 11) is 0. The SMILES string of the molecule is C/C=C(\C)CCC(=O)OCCN1CCCOCC1. The molecule has 0 saturated carbocycles. The summed E-state index contributed by atoms with van der Waals surface area (Å²) in [6.07, 6.45) is 4.38. The number of hydrogen-bond donors (Lipinski definition) is 0. The van der Waals surface area contributed by atoms with Gasteiger partial charge < -0.3 is 9.47 Å². The van der Waals surface area contributed by atoms with E-state index in [4.69, 9.17) is 9.47 Å². The lowest BCUT2D eigenvalue weighted by Gasteiger charge is -2.18. The normalized spacial score (nSPS) is 18.4. The smallest absolute Gasteiger partial charge is 0.306 e. The summed E-state index contributed by atoms with van der Waals surface area (Å²) >= 11 is 0. The molecule has 1 heterocycles. The van der Waals surface area contributed by atoms with Gasteiger partial charge in [0.05, 0.1) is 6.61 Å². The number of carbonyl (C=O) groups excluding carboxylic acids is 1. The molecule has 4 heteroatoms. The highest BCUT2D eigenvalue weighted by atomic mass is 16.5. The molecule has 0 N–H and O–H groups in total. The van der Waals surface area contributed by atoms with Crippen LogP contribution in [0, 0.1) is 0 Å². The van der Waals surface area contributed by atoms with Crippen molar-refractivity contribution in [2.75, 3.05) is 39.5 Å². The highest BCUT2D eigenvalue weighted by Crippen LogP contribution is 2.04. The van der Waals surface area contributed by atoms with E-state index in [9.17, 15) is 4.79 Å². The predicted octanol–water partition coefficient (Wildman–Crippen LogP) is 2.00. The fourth-order valence-corrected chi connectivity index (χ4v) is 1.83. The maximum atomic E-state index is 11.5. The molecule has 1 fully saturated rings. The molecule has 1 aliphatic heterocycles. The van der Waals surface area contributed by atoms with Crippen molar-refractivity contribution in [1.29, 1.82) is 0 Å². The lowest BCUT2D eigenvalue weighted by molar-refractivity contribution is -0.144. The summed E-state index contributed by atoms with van der Waals surface area (Å²) in [5, 5.41) is 0. The number of hydrogen-bond acceptors (Lipinski definition) is 4. The van der Waals surface area contributed by atoms with E-state index in [0.29, 0.717) is 13.0 Å². The van der Waals surface area contributed by atoms with Gasteiger partial charge in [0.1, 0.15) is 6.61 Å². The van der Waals surface area contributed by atoms with Gasteiger partial charge in [0.2, 0.25) is 0 Å². The molecule has 1 aliphatic rings. The Kier molecular flexibility index (Phi) is 7.69. The van der Waals surface area contributed by atoms with Crippen LogP contribution in [-0.2, 0) is 14.3 Å².